The number of thiophene rings is 1. The Labute approximate surface area is 199 Å². The van der Waals surface area contributed by atoms with Crippen molar-refractivity contribution in [3.05, 3.63) is 75.9 Å². The molecular weight excluding hydrogens is 456 g/mol. The van der Waals surface area contributed by atoms with Gasteiger partial charge in [0.2, 0.25) is 5.91 Å². The van der Waals surface area contributed by atoms with Crippen LogP contribution < -0.4 is 0 Å². The average Bonchev–Trinajstić information content (AvgIpc) is 3.44. The molecule has 1 fully saturated rings. The Morgan fingerprint density at radius 1 is 1.06 bits per heavy atom. The van der Waals surface area contributed by atoms with Crippen molar-refractivity contribution < 1.29 is 13.2 Å². The Hall–Kier alpha value is -2.75. The highest BCUT2D eigenvalue weighted by atomic mass is 32.2. The number of aromatic nitrogens is 2. The highest BCUT2D eigenvalue weighted by molar-refractivity contribution is 7.91. The van der Waals surface area contributed by atoms with Gasteiger partial charge in [0.1, 0.15) is 4.21 Å². The molecule has 9 heteroatoms. The van der Waals surface area contributed by atoms with E-state index in [0.717, 1.165) is 17.0 Å². The highest BCUT2D eigenvalue weighted by Crippen LogP contribution is 2.22. The summed E-state index contributed by atoms with van der Waals surface area (Å²) in [4.78, 5) is 14.4. The van der Waals surface area contributed by atoms with Crippen LogP contribution in [0.5, 0.6) is 0 Å². The molecule has 1 aromatic carbocycles. The van der Waals surface area contributed by atoms with E-state index in [9.17, 15) is 13.2 Å². The van der Waals surface area contributed by atoms with Gasteiger partial charge in [0.15, 0.2) is 0 Å². The topological polar surface area (TPSA) is 75.5 Å². The van der Waals surface area contributed by atoms with Gasteiger partial charge in [-0.3, -0.25) is 9.48 Å². The van der Waals surface area contributed by atoms with Crippen LogP contribution in [0.2, 0.25) is 0 Å². The van der Waals surface area contributed by atoms with E-state index in [1.165, 1.54) is 26.8 Å². The van der Waals surface area contributed by atoms with Crippen molar-refractivity contribution in [1.29, 1.82) is 0 Å². The summed E-state index contributed by atoms with van der Waals surface area (Å²) in [5.41, 5.74) is 5.21. The van der Waals surface area contributed by atoms with Crippen LogP contribution in [0.25, 0.3) is 6.08 Å². The van der Waals surface area contributed by atoms with Gasteiger partial charge in [0.05, 0.1) is 12.2 Å². The lowest BCUT2D eigenvalue weighted by atomic mass is 10.1. The van der Waals surface area contributed by atoms with Gasteiger partial charge >= 0.3 is 0 Å². The second-order valence-electron chi connectivity index (χ2n) is 8.22. The summed E-state index contributed by atoms with van der Waals surface area (Å²) in [6, 6.07) is 11.7. The van der Waals surface area contributed by atoms with Crippen molar-refractivity contribution in [1.82, 2.24) is 19.0 Å². The average molecular weight is 485 g/mol. The Kier molecular flexibility index (Phi) is 6.83. The molecule has 2 aromatic heterocycles. The fourth-order valence-corrected chi connectivity index (χ4v) is 6.49. The van der Waals surface area contributed by atoms with E-state index in [-0.39, 0.29) is 5.91 Å². The van der Waals surface area contributed by atoms with Gasteiger partial charge in [0.25, 0.3) is 10.0 Å². The molecule has 1 aliphatic heterocycles. The number of nitrogens with zero attached hydrogens (tertiary/aromatic N) is 4. The number of aryl methyl sites for hydroxylation is 2. The fourth-order valence-electron chi connectivity index (χ4n) is 3.92. The van der Waals surface area contributed by atoms with Crippen LogP contribution in [0.1, 0.15) is 28.1 Å². The van der Waals surface area contributed by atoms with Crippen molar-refractivity contribution >= 4 is 33.3 Å². The van der Waals surface area contributed by atoms with Crippen molar-refractivity contribution in [2.24, 2.45) is 0 Å². The number of benzene rings is 1. The maximum Gasteiger partial charge on any atom is 0.252 e. The zero-order chi connectivity index (χ0) is 23.6. The summed E-state index contributed by atoms with van der Waals surface area (Å²) >= 11 is 1.21. The SMILES string of the molecule is Cc1ccc(Cn2nc(C)c(/C=C/C(=O)N3CCN(S(=O)(=O)c4cccs4)CC3)c2C)cc1. The molecule has 174 valence electrons. The molecule has 0 bridgehead atoms. The second-order valence-corrected chi connectivity index (χ2v) is 11.3. The molecule has 0 unspecified atom stereocenters. The lowest BCUT2D eigenvalue weighted by Crippen LogP contribution is -2.50. The fraction of sp³-hybridized carbons (Fsp3) is 0.333. The van der Waals surface area contributed by atoms with Gasteiger partial charge in [-0.1, -0.05) is 35.9 Å². The molecule has 3 heterocycles. The van der Waals surface area contributed by atoms with Gasteiger partial charge in [-0.25, -0.2) is 8.42 Å². The summed E-state index contributed by atoms with van der Waals surface area (Å²) < 4.78 is 29.1. The third-order valence-corrected chi connectivity index (χ3v) is 9.19. The van der Waals surface area contributed by atoms with E-state index >= 15 is 0 Å². The monoisotopic (exact) mass is 484 g/mol. The molecule has 3 aromatic rings. The molecule has 1 aliphatic rings. The number of carbonyl (C=O) groups excluding carboxylic acids is 1. The number of rotatable bonds is 6. The second kappa shape index (κ2) is 9.62. The molecule has 7 nitrogen and oxygen atoms in total. The molecule has 4 rings (SSSR count). The number of amides is 1. The molecule has 33 heavy (non-hydrogen) atoms. The first kappa shape index (κ1) is 23.4. The van der Waals surface area contributed by atoms with Crippen molar-refractivity contribution in [3.8, 4) is 0 Å². The Morgan fingerprint density at radius 2 is 1.76 bits per heavy atom. The van der Waals surface area contributed by atoms with Gasteiger partial charge in [0, 0.05) is 43.5 Å². The van der Waals surface area contributed by atoms with Crippen LogP contribution in [0, 0.1) is 20.8 Å². The largest absolute Gasteiger partial charge is 0.337 e. The first-order valence-corrected chi connectivity index (χ1v) is 13.2. The number of piperazine rings is 1. The molecule has 0 spiro atoms. The zero-order valence-electron chi connectivity index (χ0n) is 19.1. The highest BCUT2D eigenvalue weighted by Gasteiger charge is 2.30. The van der Waals surface area contributed by atoms with E-state index in [1.807, 2.05) is 24.6 Å². The summed E-state index contributed by atoms with van der Waals surface area (Å²) in [6.07, 6.45) is 3.39. The summed E-state index contributed by atoms with van der Waals surface area (Å²) in [5, 5.41) is 6.40. The van der Waals surface area contributed by atoms with E-state index in [2.05, 4.69) is 36.3 Å². The normalized spacial score (nSPS) is 15.4. The molecule has 0 N–H and O–H groups in total. The molecule has 1 saturated heterocycles. The summed E-state index contributed by atoms with van der Waals surface area (Å²) in [5.74, 6) is -0.117. The first-order chi connectivity index (χ1) is 15.8. The van der Waals surface area contributed by atoms with Crippen LogP contribution in [0.3, 0.4) is 0 Å². The Bertz CT molecular complexity index is 1250. The van der Waals surface area contributed by atoms with E-state index in [1.54, 1.807) is 28.5 Å². The zero-order valence-corrected chi connectivity index (χ0v) is 20.7. The van der Waals surface area contributed by atoms with Crippen LogP contribution >= 0.6 is 11.3 Å². The summed E-state index contributed by atoms with van der Waals surface area (Å²) in [7, 11) is -3.48. The van der Waals surface area contributed by atoms with Crippen molar-refractivity contribution in [2.75, 3.05) is 26.2 Å². The molecule has 1 amide bonds. The minimum atomic E-state index is -3.48. The summed E-state index contributed by atoms with van der Waals surface area (Å²) in [6.45, 7) is 8.03. The van der Waals surface area contributed by atoms with Crippen LogP contribution in [0.15, 0.2) is 52.1 Å². The third-order valence-electron chi connectivity index (χ3n) is 5.92. The number of carbonyl (C=O) groups is 1. The quantitative estimate of drug-likeness (QED) is 0.502. The van der Waals surface area contributed by atoms with Crippen molar-refractivity contribution in [3.63, 3.8) is 0 Å². The Morgan fingerprint density at radius 3 is 2.39 bits per heavy atom. The number of hydrogen-bond donors (Lipinski definition) is 0. The third kappa shape index (κ3) is 5.10. The smallest absolute Gasteiger partial charge is 0.252 e. The minimum Gasteiger partial charge on any atom is -0.337 e. The maximum absolute atomic E-state index is 12.8. The van der Waals surface area contributed by atoms with E-state index in [0.29, 0.717) is 36.9 Å². The predicted octanol–water partition coefficient (Wildman–Crippen LogP) is 3.46. The molecule has 0 saturated carbocycles. The molecule has 0 atom stereocenters. The Balaban J connectivity index is 1.39. The molecular formula is C24H28N4O3S2. The van der Waals surface area contributed by atoms with Crippen LogP contribution in [0.4, 0.5) is 0 Å². The lowest BCUT2D eigenvalue weighted by Gasteiger charge is -2.33. The first-order valence-electron chi connectivity index (χ1n) is 10.9. The van der Waals surface area contributed by atoms with E-state index < -0.39 is 10.0 Å². The standard InChI is InChI=1S/C24H28N4O3S2/c1-18-6-8-21(9-7-18)17-28-20(3)22(19(2)25-28)10-11-23(29)26-12-14-27(15-13-26)33(30,31)24-5-4-16-32-24/h4-11,16H,12-15,17H2,1-3H3/b11-10+. The molecule has 0 aliphatic carbocycles. The molecule has 0 radical (unpaired) electrons. The van der Waals surface area contributed by atoms with Crippen LogP contribution in [-0.2, 0) is 21.4 Å². The van der Waals surface area contributed by atoms with Crippen molar-refractivity contribution in [2.45, 2.75) is 31.5 Å². The van der Waals surface area contributed by atoms with Crippen LogP contribution in [-0.4, -0.2) is 59.5 Å². The minimum absolute atomic E-state index is 0.117. The number of sulfonamides is 1. The lowest BCUT2D eigenvalue weighted by molar-refractivity contribution is -0.127. The van der Waals surface area contributed by atoms with Gasteiger partial charge in [-0.2, -0.15) is 9.40 Å². The predicted molar refractivity (Wildman–Crippen MR) is 131 cm³/mol. The number of hydrogen-bond acceptors (Lipinski definition) is 5. The van der Waals surface area contributed by atoms with Gasteiger partial charge < -0.3 is 4.90 Å². The van der Waals surface area contributed by atoms with E-state index in [4.69, 9.17) is 0 Å². The maximum atomic E-state index is 12.8. The van der Waals surface area contributed by atoms with Gasteiger partial charge in [-0.15, -0.1) is 11.3 Å². The van der Waals surface area contributed by atoms with Gasteiger partial charge in [-0.05, 0) is 43.9 Å².